The van der Waals surface area contributed by atoms with E-state index in [0.29, 0.717) is 28.0 Å². The molecule has 16 nitrogen and oxygen atoms in total. The van der Waals surface area contributed by atoms with Gasteiger partial charge in [0, 0.05) is 19.0 Å². The molecule has 3 aromatic heterocycles. The van der Waals surface area contributed by atoms with Crippen LogP contribution in [0.4, 0.5) is 10.7 Å². The molecule has 0 saturated carbocycles. The number of carbonyl (C=O) groups excluding carboxylic acids is 1. The van der Waals surface area contributed by atoms with Crippen LogP contribution in [0.5, 0.6) is 11.8 Å². The van der Waals surface area contributed by atoms with Gasteiger partial charge in [0.05, 0.1) is 22.8 Å². The van der Waals surface area contributed by atoms with Crippen LogP contribution >= 0.6 is 34.5 Å². The molecule has 46 heavy (non-hydrogen) atoms. The average molecular weight is 712 g/mol. The van der Waals surface area contributed by atoms with Crippen molar-refractivity contribution in [1.82, 2.24) is 34.0 Å². The lowest BCUT2D eigenvalue weighted by Crippen LogP contribution is -2.35. The minimum atomic E-state index is -4.37. The van der Waals surface area contributed by atoms with Crippen LogP contribution in [0.25, 0.3) is 5.69 Å². The Morgan fingerprint density at radius 1 is 1.20 bits per heavy atom. The molecule has 0 aliphatic carbocycles. The fraction of sp³-hybridized carbons (Fsp3) is 0.269. The maximum atomic E-state index is 12.5. The Kier molecular flexibility index (Phi) is 10.8. The summed E-state index contributed by atoms with van der Waals surface area (Å²) in [6.07, 6.45) is 7.97. The number of aromatic carboxylic acids is 1. The molecule has 4 aromatic rings. The van der Waals surface area contributed by atoms with Gasteiger partial charge in [-0.05, 0) is 37.3 Å². The van der Waals surface area contributed by atoms with Gasteiger partial charge in [-0.1, -0.05) is 29.1 Å². The number of nitrogens with zero attached hydrogens (tertiary/aromatic N) is 6. The van der Waals surface area contributed by atoms with Crippen molar-refractivity contribution in [1.29, 1.82) is 0 Å². The van der Waals surface area contributed by atoms with Crippen LogP contribution in [-0.4, -0.2) is 68.5 Å². The number of halogens is 2. The lowest BCUT2D eigenvalue weighted by molar-refractivity contribution is 0.0698. The van der Waals surface area contributed by atoms with Crippen LogP contribution in [0.2, 0.25) is 10.0 Å². The van der Waals surface area contributed by atoms with Crippen molar-refractivity contribution >= 4 is 62.5 Å². The predicted molar refractivity (Wildman–Crippen MR) is 167 cm³/mol. The highest BCUT2D eigenvalue weighted by Crippen LogP contribution is 2.32. The number of aryl methyl sites for hydroxylation is 2. The summed E-state index contributed by atoms with van der Waals surface area (Å²) in [5, 5.41) is 17.4. The standard InChI is InChI=1S/C15H13Cl2N3O2.C11H11N5O6S2/c1-2-7-22-13-9-12(10(16)8-11(13)17)20-15(21)19-6-4-3-5-14(19)18-20;1-5-12-9(15-11(13-5)22-2)14-10(19)16-24(20,21)6-3-4-23-7(6)8(17)18/h1,8-9H,3-7H2;3-4H,1-2H3,(H,17,18)(H2,12,13,14,15,16,19). The number of amides is 2. The number of sulfonamides is 1. The highest BCUT2D eigenvalue weighted by Gasteiger charge is 2.26. The summed E-state index contributed by atoms with van der Waals surface area (Å²) in [7, 11) is -3.06. The average Bonchev–Trinajstić information content (AvgIpc) is 3.63. The van der Waals surface area contributed by atoms with Gasteiger partial charge >= 0.3 is 23.7 Å². The van der Waals surface area contributed by atoms with Crippen molar-refractivity contribution in [3.8, 4) is 29.8 Å². The molecule has 242 valence electrons. The van der Waals surface area contributed by atoms with Gasteiger partial charge in [0.1, 0.15) is 33.8 Å². The molecule has 0 spiro atoms. The quantitative estimate of drug-likeness (QED) is 0.225. The Labute approximate surface area is 275 Å². The van der Waals surface area contributed by atoms with Crippen LogP contribution in [-0.2, 0) is 23.0 Å². The Hall–Kier alpha value is -4.70. The molecule has 0 saturated heterocycles. The first-order valence-corrected chi connectivity index (χ1v) is 16.1. The molecule has 0 unspecified atom stereocenters. The zero-order valence-electron chi connectivity index (χ0n) is 24.0. The number of carboxylic acid groups (broad SMARTS) is 1. The van der Waals surface area contributed by atoms with Crippen LogP contribution in [0, 0.1) is 19.3 Å². The van der Waals surface area contributed by atoms with Gasteiger partial charge in [-0.3, -0.25) is 9.88 Å². The van der Waals surface area contributed by atoms with Crippen LogP contribution in [0.1, 0.15) is 34.2 Å². The molecular weight excluding hydrogens is 687 g/mol. The van der Waals surface area contributed by atoms with E-state index >= 15 is 0 Å². The first-order valence-electron chi connectivity index (χ1n) is 13.0. The first kappa shape index (κ1) is 34.2. The molecule has 2 amide bonds. The summed E-state index contributed by atoms with van der Waals surface area (Å²) < 4.78 is 39.0. The smallest absolute Gasteiger partial charge is 0.350 e. The van der Waals surface area contributed by atoms with Crippen LogP contribution < -0.4 is 25.2 Å². The molecule has 1 aromatic carbocycles. The van der Waals surface area contributed by atoms with Crippen LogP contribution in [0.3, 0.4) is 0 Å². The van der Waals surface area contributed by atoms with Crippen molar-refractivity contribution in [3.63, 3.8) is 0 Å². The molecule has 0 atom stereocenters. The number of urea groups is 1. The molecule has 20 heteroatoms. The first-order chi connectivity index (χ1) is 21.8. The normalized spacial score (nSPS) is 12.2. The van der Waals surface area contributed by atoms with E-state index in [0.717, 1.165) is 42.5 Å². The number of benzene rings is 1. The number of anilines is 1. The van der Waals surface area contributed by atoms with Crippen molar-refractivity contribution in [2.75, 3.05) is 19.0 Å². The lowest BCUT2D eigenvalue weighted by Gasteiger charge is -2.09. The van der Waals surface area contributed by atoms with E-state index in [2.05, 4.69) is 31.3 Å². The van der Waals surface area contributed by atoms with Gasteiger partial charge in [-0.15, -0.1) is 22.9 Å². The van der Waals surface area contributed by atoms with E-state index in [1.54, 1.807) is 15.4 Å². The Morgan fingerprint density at radius 3 is 2.63 bits per heavy atom. The van der Waals surface area contributed by atoms with Gasteiger partial charge in [0.15, 0.2) is 0 Å². The van der Waals surface area contributed by atoms with Crippen molar-refractivity contribution in [3.05, 3.63) is 60.6 Å². The van der Waals surface area contributed by atoms with E-state index in [9.17, 15) is 22.8 Å². The summed E-state index contributed by atoms with van der Waals surface area (Å²) in [6, 6.07) is 2.97. The number of carbonyl (C=O) groups is 2. The molecule has 4 heterocycles. The summed E-state index contributed by atoms with van der Waals surface area (Å²) in [6.45, 7) is 2.28. The minimum Gasteiger partial charge on any atom is -0.479 e. The summed E-state index contributed by atoms with van der Waals surface area (Å²) >= 11 is 13.0. The molecule has 0 fully saturated rings. The Balaban J connectivity index is 0.000000209. The third kappa shape index (κ3) is 7.92. The van der Waals surface area contributed by atoms with Gasteiger partial charge in [-0.2, -0.15) is 19.6 Å². The number of hydrogen-bond donors (Lipinski definition) is 3. The number of rotatable bonds is 8. The summed E-state index contributed by atoms with van der Waals surface area (Å²) in [4.78, 5) is 45.7. The number of thiophene rings is 1. The number of aromatic nitrogens is 6. The lowest BCUT2D eigenvalue weighted by atomic mass is 10.2. The number of hydrogen-bond acceptors (Lipinski definition) is 12. The second-order valence-corrected chi connectivity index (χ2v) is 12.5. The molecule has 1 aliphatic rings. The highest BCUT2D eigenvalue weighted by molar-refractivity contribution is 7.90. The predicted octanol–water partition coefficient (Wildman–Crippen LogP) is 3.15. The summed E-state index contributed by atoms with van der Waals surface area (Å²) in [5.74, 6) is 2.11. The number of carboxylic acids is 1. The Morgan fingerprint density at radius 2 is 1.96 bits per heavy atom. The molecule has 0 bridgehead atoms. The molecule has 5 rings (SSSR count). The number of methoxy groups -OCH3 is 1. The van der Waals surface area contributed by atoms with E-state index in [1.165, 1.54) is 30.2 Å². The molecule has 1 aliphatic heterocycles. The topological polar surface area (TPSA) is 210 Å². The SMILES string of the molecule is C#CCOc1cc(-n2nc3n(c2=O)CCCC3)c(Cl)cc1Cl.COc1nc(C)nc(NC(=O)NS(=O)(=O)c2ccsc2C(=O)O)n1. The number of nitrogens with one attached hydrogen (secondary N) is 2. The number of fused-ring (bicyclic) bond motifs is 1. The van der Waals surface area contributed by atoms with Crippen LogP contribution in [0.15, 0.2) is 33.3 Å². The minimum absolute atomic E-state index is 0.0633. The zero-order valence-corrected chi connectivity index (χ0v) is 27.1. The van der Waals surface area contributed by atoms with E-state index in [1.807, 2.05) is 0 Å². The third-order valence-electron chi connectivity index (χ3n) is 5.99. The van der Waals surface area contributed by atoms with Gasteiger partial charge in [-0.25, -0.2) is 27.5 Å². The number of ether oxygens (including phenoxy) is 2. The van der Waals surface area contributed by atoms with E-state index < -0.39 is 31.8 Å². The van der Waals surface area contributed by atoms with Gasteiger partial charge in [0.25, 0.3) is 10.0 Å². The maximum Gasteiger partial charge on any atom is 0.350 e. The third-order valence-corrected chi connectivity index (χ3v) is 8.99. The second-order valence-electron chi connectivity index (χ2n) is 9.12. The zero-order chi connectivity index (χ0) is 33.6. The molecular formula is C26H24Cl2N8O8S2. The summed E-state index contributed by atoms with van der Waals surface area (Å²) in [5.41, 5.74) is 0.229. The Bertz CT molecular complexity index is 2000. The largest absolute Gasteiger partial charge is 0.479 e. The maximum absolute atomic E-state index is 12.5. The fourth-order valence-electron chi connectivity index (χ4n) is 4.04. The molecule has 3 N–H and O–H groups in total. The van der Waals surface area contributed by atoms with E-state index in [-0.39, 0.29) is 30.1 Å². The number of terminal acetylenes is 1. The molecule has 0 radical (unpaired) electrons. The highest BCUT2D eigenvalue weighted by atomic mass is 35.5. The van der Waals surface area contributed by atoms with E-state index in [4.69, 9.17) is 44.2 Å². The van der Waals surface area contributed by atoms with Crippen molar-refractivity contribution in [2.24, 2.45) is 0 Å². The monoisotopic (exact) mass is 710 g/mol. The van der Waals surface area contributed by atoms with Gasteiger partial charge in [0.2, 0.25) is 5.95 Å². The van der Waals surface area contributed by atoms with Gasteiger partial charge < -0.3 is 14.6 Å². The van der Waals surface area contributed by atoms with Crippen molar-refractivity contribution in [2.45, 2.75) is 37.6 Å². The fourth-order valence-corrected chi connectivity index (χ4v) is 6.73. The second kappa shape index (κ2) is 14.6. The van der Waals surface area contributed by atoms with Crippen molar-refractivity contribution < 1.29 is 32.6 Å².